The minimum Gasteiger partial charge on any atom is -0.385 e. The second-order valence-corrected chi connectivity index (χ2v) is 4.68. The molecular formula is C14H15F3N2. The Morgan fingerprint density at radius 3 is 2.05 bits per heavy atom. The predicted molar refractivity (Wildman–Crippen MR) is 69.7 cm³/mol. The Balaban J connectivity index is 2.44. The van der Waals surface area contributed by atoms with Crippen LogP contribution >= 0.6 is 0 Å². The van der Waals surface area contributed by atoms with Crippen LogP contribution in [0, 0.1) is 0 Å². The molecule has 0 saturated heterocycles. The Bertz CT molecular complexity index is 565. The highest BCUT2D eigenvalue weighted by Gasteiger charge is 2.30. The molecule has 0 aliphatic heterocycles. The maximum absolute atomic E-state index is 12.5. The van der Waals surface area contributed by atoms with Gasteiger partial charge in [-0.05, 0) is 43.7 Å². The molecule has 2 nitrogen and oxygen atoms in total. The lowest BCUT2D eigenvalue weighted by Gasteiger charge is -2.15. The summed E-state index contributed by atoms with van der Waals surface area (Å²) in [5.74, 6) is 0.602. The first-order chi connectivity index (χ1) is 8.80. The van der Waals surface area contributed by atoms with Crippen molar-refractivity contribution in [1.82, 2.24) is 4.57 Å². The van der Waals surface area contributed by atoms with Crippen LogP contribution in [0.5, 0.6) is 0 Å². The van der Waals surface area contributed by atoms with Gasteiger partial charge in [-0.15, -0.1) is 0 Å². The van der Waals surface area contributed by atoms with Crippen molar-refractivity contribution in [1.29, 1.82) is 0 Å². The van der Waals surface area contributed by atoms with Gasteiger partial charge >= 0.3 is 6.18 Å². The van der Waals surface area contributed by atoms with E-state index in [-0.39, 0.29) is 6.04 Å². The zero-order chi connectivity index (χ0) is 14.2. The fourth-order valence-electron chi connectivity index (χ4n) is 2.11. The lowest BCUT2D eigenvalue weighted by Crippen LogP contribution is -2.07. The van der Waals surface area contributed by atoms with Gasteiger partial charge in [-0.3, -0.25) is 0 Å². The van der Waals surface area contributed by atoms with Gasteiger partial charge in [0.05, 0.1) is 5.56 Å². The molecule has 0 fully saturated rings. The monoisotopic (exact) mass is 268 g/mol. The van der Waals surface area contributed by atoms with Crippen molar-refractivity contribution in [3.63, 3.8) is 0 Å². The highest BCUT2D eigenvalue weighted by molar-refractivity contribution is 5.64. The third kappa shape index (κ3) is 2.59. The summed E-state index contributed by atoms with van der Waals surface area (Å²) in [6, 6.07) is 8.83. The van der Waals surface area contributed by atoms with E-state index >= 15 is 0 Å². The summed E-state index contributed by atoms with van der Waals surface area (Å²) in [6.45, 7) is 3.95. The predicted octanol–water partition coefficient (Wildman–Crippen LogP) is 4.34. The van der Waals surface area contributed by atoms with E-state index in [2.05, 4.69) is 0 Å². The van der Waals surface area contributed by atoms with Crippen LogP contribution in [0.4, 0.5) is 19.0 Å². The largest absolute Gasteiger partial charge is 0.416 e. The van der Waals surface area contributed by atoms with Gasteiger partial charge < -0.3 is 10.3 Å². The van der Waals surface area contributed by atoms with Gasteiger partial charge in [0.25, 0.3) is 0 Å². The molecule has 2 rings (SSSR count). The standard InChI is InChI=1S/C14H15F3N2/c1-9(2)19-12(7-8-13(19)18)10-3-5-11(6-4-10)14(15,16)17/h3-9H,18H2,1-2H3. The summed E-state index contributed by atoms with van der Waals surface area (Å²) in [5, 5.41) is 0. The van der Waals surface area contributed by atoms with Crippen molar-refractivity contribution in [3.8, 4) is 11.3 Å². The Labute approximate surface area is 109 Å². The number of hydrogen-bond acceptors (Lipinski definition) is 1. The number of hydrogen-bond donors (Lipinski definition) is 1. The maximum atomic E-state index is 12.5. The average molecular weight is 268 g/mol. The van der Waals surface area contributed by atoms with Gasteiger partial charge in [0.1, 0.15) is 5.82 Å². The van der Waals surface area contributed by atoms with E-state index in [0.717, 1.165) is 23.4 Å². The number of nitrogens with zero attached hydrogens (tertiary/aromatic N) is 1. The molecule has 0 bridgehead atoms. The number of anilines is 1. The lowest BCUT2D eigenvalue weighted by atomic mass is 10.1. The van der Waals surface area contributed by atoms with E-state index in [1.165, 1.54) is 12.1 Å². The molecule has 2 N–H and O–H groups in total. The van der Waals surface area contributed by atoms with Crippen molar-refractivity contribution >= 4 is 5.82 Å². The molecular weight excluding hydrogens is 253 g/mol. The third-order valence-corrected chi connectivity index (χ3v) is 2.97. The van der Waals surface area contributed by atoms with Crippen molar-refractivity contribution in [2.45, 2.75) is 26.1 Å². The van der Waals surface area contributed by atoms with Crippen molar-refractivity contribution in [3.05, 3.63) is 42.0 Å². The number of nitrogens with two attached hydrogens (primary N) is 1. The normalized spacial score (nSPS) is 12.1. The molecule has 2 aromatic rings. The maximum Gasteiger partial charge on any atom is 0.416 e. The number of benzene rings is 1. The van der Waals surface area contributed by atoms with E-state index < -0.39 is 11.7 Å². The molecule has 0 atom stereocenters. The van der Waals surface area contributed by atoms with Gasteiger partial charge in [0.15, 0.2) is 0 Å². The first-order valence-electron chi connectivity index (χ1n) is 5.95. The molecule has 0 amide bonds. The van der Waals surface area contributed by atoms with Gasteiger partial charge in [0, 0.05) is 11.7 Å². The molecule has 0 radical (unpaired) electrons. The zero-order valence-electron chi connectivity index (χ0n) is 10.7. The van der Waals surface area contributed by atoms with Crippen LogP contribution in [0.15, 0.2) is 36.4 Å². The molecule has 0 aliphatic rings. The fourth-order valence-corrected chi connectivity index (χ4v) is 2.11. The first-order valence-corrected chi connectivity index (χ1v) is 5.95. The Morgan fingerprint density at radius 2 is 1.58 bits per heavy atom. The van der Waals surface area contributed by atoms with Crippen molar-refractivity contribution in [2.75, 3.05) is 5.73 Å². The molecule has 1 aromatic heterocycles. The number of nitrogen functional groups attached to an aromatic ring is 1. The quantitative estimate of drug-likeness (QED) is 0.863. The second-order valence-electron chi connectivity index (χ2n) is 4.68. The average Bonchev–Trinajstić information content (AvgIpc) is 2.70. The molecule has 0 spiro atoms. The van der Waals surface area contributed by atoms with Crippen LogP contribution in [-0.2, 0) is 6.18 Å². The van der Waals surface area contributed by atoms with Crippen LogP contribution in [0.25, 0.3) is 11.3 Å². The zero-order valence-corrected chi connectivity index (χ0v) is 10.7. The summed E-state index contributed by atoms with van der Waals surface area (Å²) in [7, 11) is 0. The van der Waals surface area contributed by atoms with E-state index in [0.29, 0.717) is 5.82 Å². The molecule has 1 heterocycles. The molecule has 1 aromatic carbocycles. The third-order valence-electron chi connectivity index (χ3n) is 2.97. The number of alkyl halides is 3. The molecule has 0 unspecified atom stereocenters. The Morgan fingerprint density at radius 1 is 1.00 bits per heavy atom. The van der Waals surface area contributed by atoms with E-state index in [4.69, 9.17) is 5.73 Å². The first kappa shape index (κ1) is 13.5. The summed E-state index contributed by atoms with van der Waals surface area (Å²) >= 11 is 0. The molecule has 0 saturated carbocycles. The summed E-state index contributed by atoms with van der Waals surface area (Å²) < 4.78 is 39.4. The summed E-state index contributed by atoms with van der Waals surface area (Å²) in [5.41, 5.74) is 6.76. The SMILES string of the molecule is CC(C)n1c(N)ccc1-c1ccc(C(F)(F)F)cc1. The van der Waals surface area contributed by atoms with E-state index in [1.807, 2.05) is 24.5 Å². The molecule has 102 valence electrons. The fraction of sp³-hybridized carbons (Fsp3) is 0.286. The van der Waals surface area contributed by atoms with Crippen LogP contribution in [0.3, 0.4) is 0 Å². The Kier molecular flexibility index (Phi) is 3.30. The smallest absolute Gasteiger partial charge is 0.385 e. The molecule has 19 heavy (non-hydrogen) atoms. The molecule has 5 heteroatoms. The van der Waals surface area contributed by atoms with Gasteiger partial charge in [-0.25, -0.2) is 0 Å². The molecule has 0 aliphatic carbocycles. The minimum absolute atomic E-state index is 0.146. The van der Waals surface area contributed by atoms with Gasteiger partial charge in [0.2, 0.25) is 0 Å². The summed E-state index contributed by atoms with van der Waals surface area (Å²) in [4.78, 5) is 0. The van der Waals surface area contributed by atoms with E-state index in [1.54, 1.807) is 6.07 Å². The Hall–Kier alpha value is -1.91. The van der Waals surface area contributed by atoms with Crippen molar-refractivity contribution in [2.24, 2.45) is 0 Å². The van der Waals surface area contributed by atoms with Crippen LogP contribution in [0.1, 0.15) is 25.5 Å². The number of aromatic nitrogens is 1. The summed E-state index contributed by atoms with van der Waals surface area (Å²) in [6.07, 6.45) is -4.31. The number of halogens is 3. The highest BCUT2D eigenvalue weighted by Crippen LogP contribution is 2.32. The lowest BCUT2D eigenvalue weighted by molar-refractivity contribution is -0.137. The van der Waals surface area contributed by atoms with Crippen molar-refractivity contribution < 1.29 is 13.2 Å². The van der Waals surface area contributed by atoms with E-state index in [9.17, 15) is 13.2 Å². The second kappa shape index (κ2) is 4.64. The van der Waals surface area contributed by atoms with Gasteiger partial charge in [-0.2, -0.15) is 13.2 Å². The van der Waals surface area contributed by atoms with Crippen LogP contribution in [0.2, 0.25) is 0 Å². The minimum atomic E-state index is -4.31. The van der Waals surface area contributed by atoms with Crippen LogP contribution in [-0.4, -0.2) is 4.57 Å². The number of rotatable bonds is 2. The van der Waals surface area contributed by atoms with Crippen LogP contribution < -0.4 is 5.73 Å². The van der Waals surface area contributed by atoms with Gasteiger partial charge in [-0.1, -0.05) is 12.1 Å². The topological polar surface area (TPSA) is 30.9 Å². The highest BCUT2D eigenvalue weighted by atomic mass is 19.4.